The van der Waals surface area contributed by atoms with Gasteiger partial charge < -0.3 is 14.7 Å². The first-order valence-electron chi connectivity index (χ1n) is 21.2. The van der Waals surface area contributed by atoms with Gasteiger partial charge in [0, 0.05) is 50.9 Å². The topological polar surface area (TPSA) is 9.72 Å². The van der Waals surface area contributed by atoms with Crippen LogP contribution in [0.5, 0.6) is 0 Å². The lowest BCUT2D eigenvalue weighted by Gasteiger charge is -2.64. The van der Waals surface area contributed by atoms with Crippen LogP contribution in [0.1, 0.15) is 48.8 Å². The van der Waals surface area contributed by atoms with Crippen LogP contribution in [0.4, 0.5) is 51.2 Å². The average molecular weight is 734 g/mol. The third kappa shape index (κ3) is 4.28. The lowest BCUT2D eigenvalue weighted by atomic mass is 9.32. The number of anilines is 9. The van der Waals surface area contributed by atoms with Gasteiger partial charge in [-0.15, -0.1) is 0 Å². The summed E-state index contributed by atoms with van der Waals surface area (Å²) in [6.45, 7) is 2.26. The minimum atomic E-state index is 0.0612. The maximum atomic E-state index is 2.70. The molecule has 4 bridgehead atoms. The Morgan fingerprint density at radius 3 is 1.79 bits per heavy atom. The summed E-state index contributed by atoms with van der Waals surface area (Å²) in [5.41, 5.74) is 20.1. The van der Waals surface area contributed by atoms with Crippen LogP contribution < -0.4 is 31.1 Å². The highest BCUT2D eigenvalue weighted by molar-refractivity contribution is 7.00. The van der Waals surface area contributed by atoms with Gasteiger partial charge in [-0.25, -0.2) is 0 Å². The molecular weight excluding hydrogens is 689 g/mol. The molecule has 4 aliphatic carbocycles. The molecule has 0 atom stereocenters. The Hall–Kier alpha value is -6.00. The second kappa shape index (κ2) is 11.8. The average Bonchev–Trinajstić information content (AvgIpc) is 3.25. The predicted molar refractivity (Wildman–Crippen MR) is 238 cm³/mol. The molecule has 7 aliphatic rings. The minimum Gasteiger partial charge on any atom is -0.311 e. The lowest BCUT2D eigenvalue weighted by molar-refractivity contribution is -0.0419. The van der Waals surface area contributed by atoms with Gasteiger partial charge in [-0.1, -0.05) is 96.6 Å². The molecule has 1 spiro atoms. The van der Waals surface area contributed by atoms with Gasteiger partial charge in [0.1, 0.15) is 0 Å². The Kier molecular flexibility index (Phi) is 6.63. The summed E-state index contributed by atoms with van der Waals surface area (Å²) in [7, 11) is 0. The molecule has 0 aromatic heterocycles. The van der Waals surface area contributed by atoms with Crippen molar-refractivity contribution in [2.45, 2.75) is 44.4 Å². The second-order valence-corrected chi connectivity index (χ2v) is 17.8. The van der Waals surface area contributed by atoms with Gasteiger partial charge in [-0.3, -0.25) is 0 Å². The van der Waals surface area contributed by atoms with Crippen LogP contribution >= 0.6 is 0 Å². The summed E-state index contributed by atoms with van der Waals surface area (Å²) < 4.78 is 0. The summed E-state index contributed by atoms with van der Waals surface area (Å²) in [6.07, 6.45) is 6.97. The largest absolute Gasteiger partial charge is 0.311 e. The zero-order valence-corrected chi connectivity index (χ0v) is 32.4. The van der Waals surface area contributed by atoms with Gasteiger partial charge in [-0.2, -0.15) is 0 Å². The summed E-state index contributed by atoms with van der Waals surface area (Å²) in [6, 6.07) is 62.2. The Morgan fingerprint density at radius 2 is 1.09 bits per heavy atom. The number of para-hydroxylation sites is 4. The lowest BCUT2D eigenvalue weighted by Crippen LogP contribution is -2.64. The molecule has 3 nitrogen and oxygen atoms in total. The standard InChI is InChI=1S/C53H44BN3/c1-34-22-24-41(25-23-34)56-48-27-26-42(55(39-12-4-2-5-13-39)40-14-6-3-7-15-40)33-46(48)54-45-18-10-17-44-52(45)57(50-21-11-20-49(56)51(50)54)47-19-9-8-16-43(47)53(44)37-29-35-28-36(31-37)32-38(53)30-35/h2-27,33,35-38H,28-32H2,1H3. The first kappa shape index (κ1) is 32.1. The molecule has 3 aliphatic heterocycles. The van der Waals surface area contributed by atoms with E-state index in [1.807, 2.05) is 0 Å². The van der Waals surface area contributed by atoms with Crippen LogP contribution in [0.3, 0.4) is 0 Å². The van der Waals surface area contributed by atoms with E-state index >= 15 is 0 Å². The van der Waals surface area contributed by atoms with Crippen molar-refractivity contribution in [2.75, 3.05) is 14.7 Å². The molecule has 4 fully saturated rings. The van der Waals surface area contributed by atoms with Crippen LogP contribution in [-0.4, -0.2) is 6.71 Å². The van der Waals surface area contributed by atoms with Crippen LogP contribution in [0.15, 0.2) is 164 Å². The fourth-order valence-corrected chi connectivity index (χ4v) is 13.2. The van der Waals surface area contributed by atoms with Crippen molar-refractivity contribution < 1.29 is 0 Å². The number of hydrogen-bond donors (Lipinski definition) is 0. The van der Waals surface area contributed by atoms with Crippen LogP contribution in [0, 0.1) is 30.6 Å². The Labute approximate surface area is 336 Å². The number of aryl methyl sites for hydroxylation is 1. The Balaban J connectivity index is 1.10. The molecule has 274 valence electrons. The first-order chi connectivity index (χ1) is 28.2. The molecule has 3 heterocycles. The Bertz CT molecular complexity index is 2670. The van der Waals surface area contributed by atoms with E-state index in [4.69, 9.17) is 0 Å². The SMILES string of the molecule is Cc1ccc(N2c3ccc(N(c4ccccc4)c4ccccc4)cc3B3c4cccc5c4N(c4ccccc4C54C5CC6CC(C5)CC4C6)c4cccc2c43)cc1. The first-order valence-corrected chi connectivity index (χ1v) is 21.2. The molecular formula is C53H44BN3. The molecule has 7 aromatic carbocycles. The van der Waals surface area contributed by atoms with Crippen LogP contribution in [-0.2, 0) is 5.41 Å². The monoisotopic (exact) mass is 733 g/mol. The minimum absolute atomic E-state index is 0.0612. The summed E-state index contributed by atoms with van der Waals surface area (Å²) in [5.74, 6) is 3.20. The molecule has 0 amide bonds. The fourth-order valence-electron chi connectivity index (χ4n) is 13.2. The highest BCUT2D eigenvalue weighted by atomic mass is 15.2. The quantitative estimate of drug-likeness (QED) is 0.167. The third-order valence-corrected chi connectivity index (χ3v) is 15.0. The molecule has 0 radical (unpaired) electrons. The Morgan fingerprint density at radius 1 is 0.491 bits per heavy atom. The molecule has 4 heteroatoms. The van der Waals surface area contributed by atoms with E-state index in [9.17, 15) is 0 Å². The second-order valence-electron chi connectivity index (χ2n) is 17.8. The van der Waals surface area contributed by atoms with Crippen LogP contribution in [0.25, 0.3) is 0 Å². The summed E-state index contributed by atoms with van der Waals surface area (Å²) in [5, 5.41) is 0. The smallest absolute Gasteiger partial charge is 0.252 e. The number of rotatable bonds is 4. The summed E-state index contributed by atoms with van der Waals surface area (Å²) >= 11 is 0. The van der Waals surface area contributed by atoms with Gasteiger partial charge in [0.05, 0.1) is 5.69 Å². The van der Waals surface area contributed by atoms with Gasteiger partial charge in [0.2, 0.25) is 0 Å². The van der Waals surface area contributed by atoms with E-state index in [0.717, 1.165) is 23.2 Å². The maximum Gasteiger partial charge on any atom is 0.252 e. The molecule has 4 saturated carbocycles. The molecule has 14 rings (SSSR count). The van der Waals surface area contributed by atoms with E-state index < -0.39 is 0 Å². The van der Waals surface area contributed by atoms with Crippen molar-refractivity contribution in [1.29, 1.82) is 0 Å². The molecule has 7 aromatic rings. The third-order valence-electron chi connectivity index (χ3n) is 15.0. The van der Waals surface area contributed by atoms with Crippen molar-refractivity contribution >= 4 is 74.3 Å². The zero-order valence-electron chi connectivity index (χ0n) is 32.4. The van der Waals surface area contributed by atoms with E-state index in [1.54, 1.807) is 11.1 Å². The number of fused-ring (bicyclic) bond motifs is 6. The predicted octanol–water partition coefficient (Wildman–Crippen LogP) is 11.6. The van der Waals surface area contributed by atoms with Crippen molar-refractivity contribution in [3.8, 4) is 0 Å². The van der Waals surface area contributed by atoms with Gasteiger partial charge in [0.25, 0.3) is 6.71 Å². The van der Waals surface area contributed by atoms with Gasteiger partial charge >= 0.3 is 0 Å². The zero-order chi connectivity index (χ0) is 37.4. The van der Waals surface area contributed by atoms with Crippen LogP contribution in [0.2, 0.25) is 0 Å². The summed E-state index contributed by atoms with van der Waals surface area (Å²) in [4.78, 5) is 7.66. The van der Waals surface area contributed by atoms with Gasteiger partial charge in [-0.05, 0) is 163 Å². The van der Waals surface area contributed by atoms with Crippen molar-refractivity contribution in [3.05, 3.63) is 180 Å². The van der Waals surface area contributed by atoms with Crippen molar-refractivity contribution in [2.24, 2.45) is 23.7 Å². The maximum absolute atomic E-state index is 2.70. The molecule has 0 saturated heterocycles. The van der Waals surface area contributed by atoms with Crippen molar-refractivity contribution in [3.63, 3.8) is 0 Å². The number of benzene rings is 7. The highest BCUT2D eigenvalue weighted by Crippen LogP contribution is 2.69. The molecule has 0 N–H and O–H groups in total. The van der Waals surface area contributed by atoms with Gasteiger partial charge in [0.15, 0.2) is 0 Å². The van der Waals surface area contributed by atoms with E-state index in [2.05, 4.69) is 185 Å². The number of hydrogen-bond acceptors (Lipinski definition) is 3. The number of nitrogens with zero attached hydrogens (tertiary/aromatic N) is 3. The van der Waals surface area contributed by atoms with E-state index in [-0.39, 0.29) is 12.1 Å². The van der Waals surface area contributed by atoms with E-state index in [1.165, 1.54) is 93.9 Å². The molecule has 0 unspecified atom stereocenters. The van der Waals surface area contributed by atoms with Crippen molar-refractivity contribution in [1.82, 2.24) is 0 Å². The normalized spacial score (nSPS) is 23.8. The fraction of sp³-hybridized carbons (Fsp3) is 0.208. The van der Waals surface area contributed by atoms with E-state index in [0.29, 0.717) is 11.8 Å². The highest BCUT2D eigenvalue weighted by Gasteiger charge is 2.62. The molecule has 57 heavy (non-hydrogen) atoms.